The molecule has 0 spiro atoms. The monoisotopic (exact) mass is 196 g/mol. The van der Waals surface area contributed by atoms with E-state index in [1.165, 1.54) is 0 Å². The topological polar surface area (TPSA) is 58.2 Å². The molecule has 1 aliphatic carbocycles. The summed E-state index contributed by atoms with van der Waals surface area (Å²) in [6.45, 7) is 6.21. The van der Waals surface area contributed by atoms with E-state index in [4.69, 9.17) is 0 Å². The van der Waals surface area contributed by atoms with E-state index in [1.54, 1.807) is 0 Å². The van der Waals surface area contributed by atoms with Gasteiger partial charge in [0.1, 0.15) is 5.54 Å². The summed E-state index contributed by atoms with van der Waals surface area (Å²) >= 11 is 0. The number of rotatable bonds is 2. The molecule has 2 fully saturated rings. The second-order valence-corrected chi connectivity index (χ2v) is 4.98. The molecule has 2 N–H and O–H groups in total. The van der Waals surface area contributed by atoms with Crippen LogP contribution in [0.5, 0.6) is 0 Å². The molecule has 0 aromatic carbocycles. The Labute approximate surface area is 83.4 Å². The van der Waals surface area contributed by atoms with Crippen molar-refractivity contribution >= 4 is 11.9 Å². The van der Waals surface area contributed by atoms with Gasteiger partial charge in [0, 0.05) is 0 Å². The van der Waals surface area contributed by atoms with Crippen molar-refractivity contribution in [3.8, 4) is 0 Å². The van der Waals surface area contributed by atoms with Gasteiger partial charge in [-0.2, -0.15) is 0 Å². The number of imide groups is 1. The highest BCUT2D eigenvalue weighted by Gasteiger charge is 2.63. The molecule has 14 heavy (non-hydrogen) atoms. The molecule has 2 unspecified atom stereocenters. The van der Waals surface area contributed by atoms with E-state index in [1.807, 2.05) is 6.92 Å². The SMILES string of the molecule is CCC1(C2CC2(C)C)NC(=O)NC1=O. The van der Waals surface area contributed by atoms with Crippen molar-refractivity contribution in [1.82, 2.24) is 10.6 Å². The molecule has 1 heterocycles. The van der Waals surface area contributed by atoms with E-state index < -0.39 is 5.54 Å². The van der Waals surface area contributed by atoms with Crippen LogP contribution >= 0.6 is 0 Å². The lowest BCUT2D eigenvalue weighted by molar-refractivity contribution is -0.125. The Morgan fingerprint density at radius 1 is 1.43 bits per heavy atom. The summed E-state index contributed by atoms with van der Waals surface area (Å²) in [6.07, 6.45) is 1.67. The van der Waals surface area contributed by atoms with Crippen molar-refractivity contribution in [1.29, 1.82) is 0 Å². The van der Waals surface area contributed by atoms with E-state index in [-0.39, 0.29) is 23.3 Å². The minimum absolute atomic E-state index is 0.152. The minimum Gasteiger partial charge on any atom is -0.323 e. The third-order valence-electron chi connectivity index (χ3n) is 3.63. The van der Waals surface area contributed by atoms with Crippen LogP contribution in [0.15, 0.2) is 0 Å². The average Bonchev–Trinajstić information content (AvgIpc) is 2.60. The maximum absolute atomic E-state index is 11.7. The molecule has 2 aliphatic rings. The maximum Gasteiger partial charge on any atom is 0.322 e. The van der Waals surface area contributed by atoms with Crippen LogP contribution in [0.1, 0.15) is 33.6 Å². The van der Waals surface area contributed by atoms with Crippen molar-refractivity contribution in [2.45, 2.75) is 39.2 Å². The molecular formula is C10H16N2O2. The van der Waals surface area contributed by atoms with E-state index in [0.717, 1.165) is 6.42 Å². The van der Waals surface area contributed by atoms with Gasteiger partial charge in [-0.1, -0.05) is 20.8 Å². The van der Waals surface area contributed by atoms with Crippen LogP contribution in [0, 0.1) is 11.3 Å². The zero-order chi connectivity index (χ0) is 10.6. The Morgan fingerprint density at radius 3 is 2.29 bits per heavy atom. The smallest absolute Gasteiger partial charge is 0.322 e. The number of hydrogen-bond donors (Lipinski definition) is 2. The average molecular weight is 196 g/mol. The summed E-state index contributed by atoms with van der Waals surface area (Å²) in [7, 11) is 0. The predicted molar refractivity (Wildman–Crippen MR) is 51.6 cm³/mol. The Hall–Kier alpha value is -1.06. The van der Waals surface area contributed by atoms with E-state index in [0.29, 0.717) is 6.42 Å². The van der Waals surface area contributed by atoms with Crippen molar-refractivity contribution in [3.63, 3.8) is 0 Å². The minimum atomic E-state index is -0.638. The Morgan fingerprint density at radius 2 is 2.00 bits per heavy atom. The highest BCUT2D eigenvalue weighted by atomic mass is 16.2. The van der Waals surface area contributed by atoms with Gasteiger partial charge in [0.15, 0.2) is 0 Å². The lowest BCUT2D eigenvalue weighted by Crippen LogP contribution is -2.49. The molecule has 0 aromatic rings. The molecule has 0 radical (unpaired) electrons. The van der Waals surface area contributed by atoms with Gasteiger partial charge in [-0.25, -0.2) is 4.79 Å². The number of hydrogen-bond acceptors (Lipinski definition) is 2. The summed E-state index contributed by atoms with van der Waals surface area (Å²) in [5.41, 5.74) is -0.453. The molecular weight excluding hydrogens is 180 g/mol. The molecule has 1 aliphatic heterocycles. The maximum atomic E-state index is 11.7. The lowest BCUT2D eigenvalue weighted by Gasteiger charge is -2.26. The van der Waals surface area contributed by atoms with Crippen LogP contribution < -0.4 is 10.6 Å². The van der Waals surface area contributed by atoms with Crippen LogP contribution in [0.25, 0.3) is 0 Å². The van der Waals surface area contributed by atoms with Gasteiger partial charge in [0.05, 0.1) is 0 Å². The lowest BCUT2D eigenvalue weighted by atomic mass is 9.86. The largest absolute Gasteiger partial charge is 0.323 e. The van der Waals surface area contributed by atoms with Crippen LogP contribution in [0.3, 0.4) is 0 Å². The highest BCUT2D eigenvalue weighted by Crippen LogP contribution is 2.58. The molecule has 0 aromatic heterocycles. The number of amides is 3. The molecule has 1 saturated carbocycles. The highest BCUT2D eigenvalue weighted by molar-refractivity contribution is 6.07. The van der Waals surface area contributed by atoms with Crippen LogP contribution in [-0.4, -0.2) is 17.5 Å². The number of carbonyl (C=O) groups is 2. The van der Waals surface area contributed by atoms with Crippen LogP contribution in [0.2, 0.25) is 0 Å². The molecule has 3 amide bonds. The Bertz CT molecular complexity index is 311. The van der Waals surface area contributed by atoms with Crippen LogP contribution in [0.4, 0.5) is 4.79 Å². The van der Waals surface area contributed by atoms with Gasteiger partial charge >= 0.3 is 6.03 Å². The van der Waals surface area contributed by atoms with E-state index >= 15 is 0 Å². The summed E-state index contributed by atoms with van der Waals surface area (Å²) in [5, 5.41) is 5.11. The summed E-state index contributed by atoms with van der Waals surface area (Å²) in [5.74, 6) is 0.132. The van der Waals surface area contributed by atoms with Gasteiger partial charge in [0.2, 0.25) is 0 Å². The first-order chi connectivity index (χ1) is 6.42. The summed E-state index contributed by atoms with van der Waals surface area (Å²) < 4.78 is 0. The molecule has 4 nitrogen and oxygen atoms in total. The third-order valence-corrected chi connectivity index (χ3v) is 3.63. The van der Waals surface area contributed by atoms with Gasteiger partial charge in [0.25, 0.3) is 5.91 Å². The Balaban J connectivity index is 2.27. The summed E-state index contributed by atoms with van der Waals surface area (Å²) in [4.78, 5) is 22.8. The quantitative estimate of drug-likeness (QED) is 0.648. The van der Waals surface area contributed by atoms with Crippen molar-refractivity contribution in [2.75, 3.05) is 0 Å². The first-order valence-electron chi connectivity index (χ1n) is 5.06. The Kier molecular flexibility index (Phi) is 1.69. The van der Waals surface area contributed by atoms with Crippen molar-refractivity contribution < 1.29 is 9.59 Å². The number of urea groups is 1. The van der Waals surface area contributed by atoms with Gasteiger partial charge in [-0.05, 0) is 24.2 Å². The first-order valence-corrected chi connectivity index (χ1v) is 5.06. The molecule has 2 rings (SSSR count). The second-order valence-electron chi connectivity index (χ2n) is 4.98. The molecule has 1 saturated heterocycles. The predicted octanol–water partition coefficient (Wildman–Crippen LogP) is 1.02. The fourth-order valence-corrected chi connectivity index (χ4v) is 2.55. The molecule has 4 heteroatoms. The normalized spacial score (nSPS) is 39.2. The molecule has 78 valence electrons. The fraction of sp³-hybridized carbons (Fsp3) is 0.800. The van der Waals surface area contributed by atoms with E-state index in [2.05, 4.69) is 24.5 Å². The van der Waals surface area contributed by atoms with Gasteiger partial charge < -0.3 is 5.32 Å². The number of nitrogens with one attached hydrogen (secondary N) is 2. The molecule has 0 bridgehead atoms. The van der Waals surface area contributed by atoms with Crippen molar-refractivity contribution in [2.24, 2.45) is 11.3 Å². The van der Waals surface area contributed by atoms with Gasteiger partial charge in [-0.15, -0.1) is 0 Å². The van der Waals surface area contributed by atoms with E-state index in [9.17, 15) is 9.59 Å². The zero-order valence-electron chi connectivity index (χ0n) is 8.81. The first kappa shape index (κ1) is 9.49. The zero-order valence-corrected chi connectivity index (χ0v) is 8.81. The van der Waals surface area contributed by atoms with Crippen molar-refractivity contribution in [3.05, 3.63) is 0 Å². The standard InChI is InChI=1S/C10H16N2O2/c1-4-10(6-5-9(6,2)3)7(13)11-8(14)12-10/h6H,4-5H2,1-3H3,(H2,11,12,13,14). The fourth-order valence-electron chi connectivity index (χ4n) is 2.55. The van der Waals surface area contributed by atoms with Gasteiger partial charge in [-0.3, -0.25) is 10.1 Å². The summed E-state index contributed by atoms with van der Waals surface area (Å²) in [6, 6.07) is -0.348. The van der Waals surface area contributed by atoms with Crippen LogP contribution in [-0.2, 0) is 4.79 Å². The number of carbonyl (C=O) groups excluding carboxylic acids is 2. The second kappa shape index (κ2) is 2.49. The molecule has 2 atom stereocenters. The third kappa shape index (κ3) is 1.06.